The zero-order chi connectivity index (χ0) is 19.1. The molecule has 1 aliphatic heterocycles. The van der Waals surface area contributed by atoms with Crippen molar-refractivity contribution in [3.63, 3.8) is 0 Å². The second-order valence-corrected chi connectivity index (χ2v) is 6.46. The molecule has 5 nitrogen and oxygen atoms in total. The second kappa shape index (κ2) is 9.03. The van der Waals surface area contributed by atoms with E-state index in [1.54, 1.807) is 25.3 Å². The van der Waals surface area contributed by atoms with E-state index in [1.807, 2.05) is 41.3 Å². The Morgan fingerprint density at radius 2 is 1.70 bits per heavy atom. The van der Waals surface area contributed by atoms with Crippen molar-refractivity contribution in [2.45, 2.75) is 19.3 Å². The SMILES string of the molecule is COc1ccccc1C=CC(=O)Nc1ccccc1C(=O)N1CCCCC1. The molecule has 0 unspecified atom stereocenters. The Bertz CT molecular complexity index is 839. The molecule has 140 valence electrons. The summed E-state index contributed by atoms with van der Waals surface area (Å²) < 4.78 is 5.28. The van der Waals surface area contributed by atoms with Gasteiger partial charge in [-0.1, -0.05) is 30.3 Å². The first-order valence-corrected chi connectivity index (χ1v) is 9.19. The van der Waals surface area contributed by atoms with Crippen LogP contribution in [-0.2, 0) is 4.79 Å². The van der Waals surface area contributed by atoms with Crippen molar-refractivity contribution in [2.75, 3.05) is 25.5 Å². The maximum Gasteiger partial charge on any atom is 0.255 e. The van der Waals surface area contributed by atoms with Gasteiger partial charge in [0, 0.05) is 24.7 Å². The Kier molecular flexibility index (Phi) is 6.26. The highest BCUT2D eigenvalue weighted by atomic mass is 16.5. The minimum absolute atomic E-state index is 0.0284. The molecule has 1 fully saturated rings. The normalized spacial score (nSPS) is 14.2. The molecule has 1 saturated heterocycles. The molecule has 2 aromatic carbocycles. The smallest absolute Gasteiger partial charge is 0.255 e. The minimum Gasteiger partial charge on any atom is -0.496 e. The third-order valence-electron chi connectivity index (χ3n) is 4.61. The van der Waals surface area contributed by atoms with E-state index in [0.717, 1.165) is 37.9 Å². The summed E-state index contributed by atoms with van der Waals surface area (Å²) in [5.41, 5.74) is 1.87. The van der Waals surface area contributed by atoms with Crippen LogP contribution in [0.5, 0.6) is 5.75 Å². The van der Waals surface area contributed by atoms with Gasteiger partial charge in [0.25, 0.3) is 5.91 Å². The van der Waals surface area contributed by atoms with Crippen molar-refractivity contribution < 1.29 is 14.3 Å². The van der Waals surface area contributed by atoms with E-state index < -0.39 is 0 Å². The van der Waals surface area contributed by atoms with Crippen molar-refractivity contribution in [3.8, 4) is 5.75 Å². The van der Waals surface area contributed by atoms with Crippen molar-refractivity contribution in [2.24, 2.45) is 0 Å². The Morgan fingerprint density at radius 3 is 2.48 bits per heavy atom. The lowest BCUT2D eigenvalue weighted by atomic mass is 10.1. The van der Waals surface area contributed by atoms with Gasteiger partial charge in [0.2, 0.25) is 5.91 Å². The molecule has 1 N–H and O–H groups in total. The number of methoxy groups -OCH3 is 1. The number of ether oxygens (including phenoxy) is 1. The number of hydrogen-bond acceptors (Lipinski definition) is 3. The van der Waals surface area contributed by atoms with Crippen LogP contribution in [0.3, 0.4) is 0 Å². The first-order valence-electron chi connectivity index (χ1n) is 9.19. The summed E-state index contributed by atoms with van der Waals surface area (Å²) in [6.07, 6.45) is 6.36. The average Bonchev–Trinajstić information content (AvgIpc) is 2.73. The highest BCUT2D eigenvalue weighted by Gasteiger charge is 2.20. The number of carbonyl (C=O) groups is 2. The van der Waals surface area contributed by atoms with Crippen LogP contribution in [0.2, 0.25) is 0 Å². The van der Waals surface area contributed by atoms with E-state index in [0.29, 0.717) is 17.0 Å². The van der Waals surface area contributed by atoms with Crippen LogP contribution >= 0.6 is 0 Å². The van der Waals surface area contributed by atoms with Crippen molar-refractivity contribution in [1.82, 2.24) is 4.90 Å². The van der Waals surface area contributed by atoms with Gasteiger partial charge < -0.3 is 15.0 Å². The maximum absolute atomic E-state index is 12.8. The van der Waals surface area contributed by atoms with E-state index in [9.17, 15) is 9.59 Å². The summed E-state index contributed by atoms with van der Waals surface area (Å²) in [6.45, 7) is 1.55. The number of amides is 2. The Morgan fingerprint density at radius 1 is 1.00 bits per heavy atom. The summed E-state index contributed by atoms with van der Waals surface area (Å²) in [4.78, 5) is 27.0. The number of rotatable bonds is 5. The standard InChI is InChI=1S/C22H24N2O3/c1-27-20-12-6-3-9-17(20)13-14-21(25)23-19-11-5-4-10-18(19)22(26)24-15-7-2-8-16-24/h3-6,9-14H,2,7-8,15-16H2,1H3,(H,23,25). The first kappa shape index (κ1) is 18.7. The highest BCUT2D eigenvalue weighted by Crippen LogP contribution is 2.21. The monoisotopic (exact) mass is 364 g/mol. The molecule has 0 aliphatic carbocycles. The quantitative estimate of drug-likeness (QED) is 0.817. The van der Waals surface area contributed by atoms with Crippen LogP contribution in [0.4, 0.5) is 5.69 Å². The molecule has 0 aromatic heterocycles. The van der Waals surface area contributed by atoms with Crippen LogP contribution in [0.1, 0.15) is 35.2 Å². The van der Waals surface area contributed by atoms with Gasteiger partial charge in [0.05, 0.1) is 18.4 Å². The number of hydrogen-bond donors (Lipinski definition) is 1. The molecule has 0 radical (unpaired) electrons. The maximum atomic E-state index is 12.8. The predicted molar refractivity (Wildman–Crippen MR) is 107 cm³/mol. The van der Waals surface area contributed by atoms with Gasteiger partial charge in [-0.3, -0.25) is 9.59 Å². The molecule has 3 rings (SSSR count). The van der Waals surface area contributed by atoms with Crippen LogP contribution in [-0.4, -0.2) is 36.9 Å². The zero-order valence-corrected chi connectivity index (χ0v) is 15.5. The molecule has 1 heterocycles. The lowest BCUT2D eigenvalue weighted by Crippen LogP contribution is -2.36. The summed E-state index contributed by atoms with van der Waals surface area (Å²) in [5.74, 6) is 0.376. The van der Waals surface area contributed by atoms with Crippen LogP contribution in [0.25, 0.3) is 6.08 Å². The number of anilines is 1. The first-order chi connectivity index (χ1) is 13.2. The van der Waals surface area contributed by atoms with E-state index in [1.165, 1.54) is 6.08 Å². The fraction of sp³-hybridized carbons (Fsp3) is 0.273. The Labute approximate surface area is 159 Å². The third kappa shape index (κ3) is 4.76. The molecule has 5 heteroatoms. The molecule has 2 amide bonds. The summed E-state index contributed by atoms with van der Waals surface area (Å²) >= 11 is 0. The Hall–Kier alpha value is -3.08. The summed E-state index contributed by atoms with van der Waals surface area (Å²) in [5, 5.41) is 2.82. The zero-order valence-electron chi connectivity index (χ0n) is 15.5. The topological polar surface area (TPSA) is 58.6 Å². The van der Waals surface area contributed by atoms with Crippen molar-refractivity contribution in [1.29, 1.82) is 0 Å². The van der Waals surface area contributed by atoms with E-state index in [-0.39, 0.29) is 11.8 Å². The van der Waals surface area contributed by atoms with Crippen LogP contribution in [0.15, 0.2) is 54.6 Å². The average molecular weight is 364 g/mol. The lowest BCUT2D eigenvalue weighted by Gasteiger charge is -2.27. The number of nitrogens with one attached hydrogen (secondary N) is 1. The number of piperidine rings is 1. The van der Waals surface area contributed by atoms with Gasteiger partial charge in [-0.15, -0.1) is 0 Å². The molecular formula is C22H24N2O3. The molecule has 27 heavy (non-hydrogen) atoms. The molecule has 2 aromatic rings. The number of nitrogens with zero attached hydrogens (tertiary/aromatic N) is 1. The summed E-state index contributed by atoms with van der Waals surface area (Å²) in [7, 11) is 1.59. The summed E-state index contributed by atoms with van der Waals surface area (Å²) in [6, 6.07) is 14.6. The van der Waals surface area contributed by atoms with Gasteiger partial charge in [0.1, 0.15) is 5.75 Å². The molecule has 0 bridgehead atoms. The van der Waals surface area contributed by atoms with E-state index in [4.69, 9.17) is 4.74 Å². The molecule has 0 spiro atoms. The van der Waals surface area contributed by atoms with Gasteiger partial charge >= 0.3 is 0 Å². The van der Waals surface area contributed by atoms with Gasteiger partial charge in [0.15, 0.2) is 0 Å². The van der Waals surface area contributed by atoms with Crippen LogP contribution < -0.4 is 10.1 Å². The fourth-order valence-corrected chi connectivity index (χ4v) is 3.19. The lowest BCUT2D eigenvalue weighted by molar-refractivity contribution is -0.111. The van der Waals surface area contributed by atoms with Gasteiger partial charge in [-0.25, -0.2) is 0 Å². The molecule has 0 saturated carbocycles. The molecule has 1 aliphatic rings. The minimum atomic E-state index is -0.292. The Balaban J connectivity index is 1.73. The molecule has 0 atom stereocenters. The van der Waals surface area contributed by atoms with Crippen LogP contribution in [0, 0.1) is 0 Å². The number of benzene rings is 2. The fourth-order valence-electron chi connectivity index (χ4n) is 3.19. The highest BCUT2D eigenvalue weighted by molar-refractivity contribution is 6.07. The number of carbonyl (C=O) groups excluding carboxylic acids is 2. The van der Waals surface area contributed by atoms with Gasteiger partial charge in [-0.05, 0) is 43.5 Å². The molecular weight excluding hydrogens is 340 g/mol. The number of likely N-dealkylation sites (tertiary alicyclic amines) is 1. The second-order valence-electron chi connectivity index (χ2n) is 6.46. The third-order valence-corrected chi connectivity index (χ3v) is 4.61. The van der Waals surface area contributed by atoms with Crippen molar-refractivity contribution >= 4 is 23.6 Å². The van der Waals surface area contributed by atoms with Crippen molar-refractivity contribution in [3.05, 3.63) is 65.7 Å². The van der Waals surface area contributed by atoms with E-state index >= 15 is 0 Å². The van der Waals surface area contributed by atoms with Gasteiger partial charge in [-0.2, -0.15) is 0 Å². The largest absolute Gasteiger partial charge is 0.496 e. The number of para-hydroxylation sites is 2. The predicted octanol–water partition coefficient (Wildman–Crippen LogP) is 3.97. The van der Waals surface area contributed by atoms with E-state index in [2.05, 4.69) is 5.32 Å².